The van der Waals surface area contributed by atoms with Gasteiger partial charge in [-0.05, 0) is 24.3 Å². The second-order valence-corrected chi connectivity index (χ2v) is 8.52. The molecule has 2 aromatic carbocycles. The van der Waals surface area contributed by atoms with Crippen molar-refractivity contribution in [3.63, 3.8) is 0 Å². The minimum absolute atomic E-state index is 0.168. The van der Waals surface area contributed by atoms with E-state index >= 15 is 0 Å². The average molecular weight is 416 g/mol. The Balaban J connectivity index is 1.45. The fourth-order valence-corrected chi connectivity index (χ4v) is 4.71. The molecule has 0 radical (unpaired) electrons. The van der Waals surface area contributed by atoms with Crippen molar-refractivity contribution in [3.8, 4) is 11.3 Å². The minimum atomic E-state index is -4.03. The molecule has 0 bridgehead atoms. The molecule has 1 fully saturated rings. The van der Waals surface area contributed by atoms with E-state index in [0.29, 0.717) is 25.0 Å². The Morgan fingerprint density at radius 3 is 2.17 bits per heavy atom. The van der Waals surface area contributed by atoms with Gasteiger partial charge in [0.25, 0.3) is 0 Å². The van der Waals surface area contributed by atoms with Crippen molar-refractivity contribution in [3.05, 3.63) is 72.3 Å². The van der Waals surface area contributed by atoms with Crippen molar-refractivity contribution in [1.82, 2.24) is 14.5 Å². The summed E-state index contributed by atoms with van der Waals surface area (Å²) in [6.07, 6.45) is 0. The Kier molecular flexibility index (Phi) is 5.25. The lowest BCUT2D eigenvalue weighted by Crippen LogP contribution is -2.49. The second-order valence-electron chi connectivity index (χ2n) is 6.61. The van der Waals surface area contributed by atoms with Crippen LogP contribution in [0.4, 0.5) is 14.6 Å². The number of sulfonamides is 1. The number of aromatic nitrogens is 2. The van der Waals surface area contributed by atoms with Gasteiger partial charge in [0, 0.05) is 37.8 Å². The first-order valence-corrected chi connectivity index (χ1v) is 10.5. The smallest absolute Gasteiger partial charge is 0.246 e. The van der Waals surface area contributed by atoms with Gasteiger partial charge in [-0.3, -0.25) is 0 Å². The van der Waals surface area contributed by atoms with Gasteiger partial charge in [0.1, 0.15) is 16.5 Å². The molecule has 3 aromatic rings. The summed E-state index contributed by atoms with van der Waals surface area (Å²) in [6, 6.07) is 15.9. The van der Waals surface area contributed by atoms with Crippen LogP contribution in [-0.2, 0) is 10.0 Å². The van der Waals surface area contributed by atoms with Gasteiger partial charge < -0.3 is 4.90 Å². The molecule has 0 amide bonds. The maximum atomic E-state index is 13.9. The zero-order chi connectivity index (χ0) is 20.4. The number of halogens is 2. The highest BCUT2D eigenvalue weighted by atomic mass is 32.2. The first kappa shape index (κ1) is 19.4. The van der Waals surface area contributed by atoms with Gasteiger partial charge in [-0.15, -0.1) is 10.2 Å². The molecule has 0 atom stereocenters. The SMILES string of the molecule is O=S(=O)(c1ccc(F)cc1F)N1CCN(c2ccc(-c3ccccc3)nn2)CC1. The van der Waals surface area contributed by atoms with Crippen LogP contribution < -0.4 is 4.90 Å². The Morgan fingerprint density at radius 1 is 0.828 bits per heavy atom. The van der Waals surface area contributed by atoms with Gasteiger partial charge in [-0.25, -0.2) is 17.2 Å². The molecule has 29 heavy (non-hydrogen) atoms. The quantitative estimate of drug-likeness (QED) is 0.654. The van der Waals surface area contributed by atoms with Crippen molar-refractivity contribution in [2.24, 2.45) is 0 Å². The molecule has 0 spiro atoms. The zero-order valence-corrected chi connectivity index (χ0v) is 16.2. The van der Waals surface area contributed by atoms with Crippen molar-refractivity contribution < 1.29 is 17.2 Å². The van der Waals surface area contributed by atoms with Crippen LogP contribution in [0.1, 0.15) is 0 Å². The van der Waals surface area contributed by atoms with E-state index in [0.717, 1.165) is 23.4 Å². The van der Waals surface area contributed by atoms with Crippen LogP contribution in [0, 0.1) is 11.6 Å². The Bertz CT molecular complexity index is 1100. The van der Waals surface area contributed by atoms with E-state index in [1.54, 1.807) is 0 Å². The van der Waals surface area contributed by atoms with E-state index in [-0.39, 0.29) is 13.1 Å². The molecule has 0 N–H and O–H groups in total. The molecule has 6 nitrogen and oxygen atoms in total. The van der Waals surface area contributed by atoms with Gasteiger partial charge in [0.2, 0.25) is 10.0 Å². The monoisotopic (exact) mass is 416 g/mol. The zero-order valence-electron chi connectivity index (χ0n) is 15.4. The molecule has 150 valence electrons. The number of rotatable bonds is 4. The highest BCUT2D eigenvalue weighted by Gasteiger charge is 2.31. The van der Waals surface area contributed by atoms with E-state index in [1.807, 2.05) is 47.4 Å². The molecular formula is C20H18F2N4O2S. The first-order valence-electron chi connectivity index (χ1n) is 9.04. The summed E-state index contributed by atoms with van der Waals surface area (Å²) in [5.41, 5.74) is 1.71. The van der Waals surface area contributed by atoms with E-state index in [9.17, 15) is 17.2 Å². The minimum Gasteiger partial charge on any atom is -0.352 e. The standard InChI is InChI=1S/C20H18F2N4O2S/c21-16-6-8-19(17(22)14-16)29(27,28)26-12-10-25(11-13-26)20-9-7-18(23-24-20)15-4-2-1-3-5-15/h1-9,14H,10-13H2. The van der Waals surface area contributed by atoms with Gasteiger partial charge in [0.05, 0.1) is 5.69 Å². The molecule has 0 unspecified atom stereocenters. The third kappa shape index (κ3) is 3.96. The summed E-state index contributed by atoms with van der Waals surface area (Å²) in [6.45, 7) is 1.12. The fourth-order valence-electron chi connectivity index (χ4n) is 3.24. The topological polar surface area (TPSA) is 66.4 Å². The van der Waals surface area contributed by atoms with E-state index < -0.39 is 26.6 Å². The number of hydrogen-bond donors (Lipinski definition) is 0. The first-order chi connectivity index (χ1) is 13.9. The molecule has 0 saturated carbocycles. The molecule has 2 heterocycles. The number of piperazine rings is 1. The van der Waals surface area contributed by atoms with Gasteiger partial charge in [0.15, 0.2) is 5.82 Å². The lowest BCUT2D eigenvalue weighted by molar-refractivity contribution is 0.381. The summed E-state index contributed by atoms with van der Waals surface area (Å²) in [7, 11) is -4.03. The third-order valence-electron chi connectivity index (χ3n) is 4.79. The molecule has 1 aromatic heterocycles. The van der Waals surface area contributed by atoms with Crippen molar-refractivity contribution in [2.75, 3.05) is 31.1 Å². The van der Waals surface area contributed by atoms with E-state index in [1.165, 1.54) is 4.31 Å². The fraction of sp³-hybridized carbons (Fsp3) is 0.200. The molecule has 4 rings (SSSR count). The summed E-state index contributed by atoms with van der Waals surface area (Å²) < 4.78 is 53.6. The summed E-state index contributed by atoms with van der Waals surface area (Å²) in [5, 5.41) is 8.50. The van der Waals surface area contributed by atoms with Crippen LogP contribution in [0.15, 0.2) is 65.6 Å². The van der Waals surface area contributed by atoms with Crippen molar-refractivity contribution in [2.45, 2.75) is 4.90 Å². The Labute approximate surface area is 167 Å². The Morgan fingerprint density at radius 2 is 1.55 bits per heavy atom. The highest BCUT2D eigenvalue weighted by Crippen LogP contribution is 2.23. The number of nitrogens with zero attached hydrogens (tertiary/aromatic N) is 4. The van der Waals surface area contributed by atoms with Crippen LogP contribution in [-0.4, -0.2) is 49.1 Å². The number of anilines is 1. The lowest BCUT2D eigenvalue weighted by Gasteiger charge is -2.34. The van der Waals surface area contributed by atoms with Crippen LogP contribution in [0.2, 0.25) is 0 Å². The highest BCUT2D eigenvalue weighted by molar-refractivity contribution is 7.89. The van der Waals surface area contributed by atoms with Crippen LogP contribution >= 0.6 is 0 Å². The molecule has 9 heteroatoms. The normalized spacial score (nSPS) is 15.4. The molecular weight excluding hydrogens is 398 g/mol. The van der Waals surface area contributed by atoms with Crippen LogP contribution in [0.3, 0.4) is 0 Å². The summed E-state index contributed by atoms with van der Waals surface area (Å²) in [5.74, 6) is -1.26. The largest absolute Gasteiger partial charge is 0.352 e. The van der Waals surface area contributed by atoms with Crippen LogP contribution in [0.5, 0.6) is 0 Å². The molecule has 1 aliphatic rings. The molecule has 1 aliphatic heterocycles. The molecule has 1 saturated heterocycles. The summed E-state index contributed by atoms with van der Waals surface area (Å²) >= 11 is 0. The van der Waals surface area contributed by atoms with Crippen molar-refractivity contribution >= 4 is 15.8 Å². The van der Waals surface area contributed by atoms with E-state index in [2.05, 4.69) is 10.2 Å². The van der Waals surface area contributed by atoms with Crippen molar-refractivity contribution in [1.29, 1.82) is 0 Å². The third-order valence-corrected chi connectivity index (χ3v) is 6.73. The maximum absolute atomic E-state index is 13.9. The van der Waals surface area contributed by atoms with Gasteiger partial charge >= 0.3 is 0 Å². The average Bonchev–Trinajstić information content (AvgIpc) is 2.74. The predicted octanol–water partition coefficient (Wildman–Crippen LogP) is 2.93. The second kappa shape index (κ2) is 7.84. The van der Waals surface area contributed by atoms with Gasteiger partial charge in [-0.2, -0.15) is 4.31 Å². The number of hydrogen-bond acceptors (Lipinski definition) is 5. The maximum Gasteiger partial charge on any atom is 0.246 e. The van der Waals surface area contributed by atoms with E-state index in [4.69, 9.17) is 0 Å². The predicted molar refractivity (Wildman–Crippen MR) is 105 cm³/mol. The molecule has 0 aliphatic carbocycles. The van der Waals surface area contributed by atoms with Crippen LogP contribution in [0.25, 0.3) is 11.3 Å². The Hall–Kier alpha value is -2.91. The summed E-state index contributed by atoms with van der Waals surface area (Å²) in [4.78, 5) is 1.41. The van der Waals surface area contributed by atoms with Gasteiger partial charge in [-0.1, -0.05) is 30.3 Å². The lowest BCUT2D eigenvalue weighted by atomic mass is 10.1. The number of benzene rings is 2.